The summed E-state index contributed by atoms with van der Waals surface area (Å²) in [6, 6.07) is 14.0. The van der Waals surface area contributed by atoms with Crippen molar-refractivity contribution in [3.05, 3.63) is 71.7 Å². The number of aryl methyl sites for hydroxylation is 2. The molecular weight excluding hydrogens is 495 g/mol. The van der Waals surface area contributed by atoms with E-state index in [1.54, 1.807) is 18.2 Å². The Kier molecular flexibility index (Phi) is 5.13. The van der Waals surface area contributed by atoms with Crippen LogP contribution in [0.2, 0.25) is 0 Å². The van der Waals surface area contributed by atoms with Crippen molar-refractivity contribution in [1.29, 1.82) is 0 Å². The number of fused-ring (bicyclic) bond motifs is 6. The van der Waals surface area contributed by atoms with E-state index in [0.717, 1.165) is 33.8 Å². The van der Waals surface area contributed by atoms with E-state index in [4.69, 9.17) is 9.40 Å². The van der Waals surface area contributed by atoms with Crippen LogP contribution >= 0.6 is 0 Å². The Balaban J connectivity index is 1.61. The van der Waals surface area contributed by atoms with Crippen molar-refractivity contribution in [3.63, 3.8) is 0 Å². The molecule has 1 N–H and O–H groups in total. The van der Waals surface area contributed by atoms with Crippen molar-refractivity contribution < 1.29 is 22.0 Å². The number of carbonyl (C=O) groups excluding carboxylic acids is 1. The van der Waals surface area contributed by atoms with Crippen LogP contribution in [0.15, 0.2) is 59.2 Å². The second-order valence-corrected chi connectivity index (χ2v) is 11.1. The molecule has 6 rings (SSSR count). The topological polar surface area (TPSA) is 97.4 Å². The highest BCUT2D eigenvalue weighted by molar-refractivity contribution is 7.92. The summed E-state index contributed by atoms with van der Waals surface area (Å²) in [7, 11) is -0.630. The molecule has 0 saturated heterocycles. The van der Waals surface area contributed by atoms with Crippen molar-refractivity contribution >= 4 is 43.5 Å². The van der Waals surface area contributed by atoms with Crippen LogP contribution in [0.3, 0.4) is 0 Å². The molecule has 5 aromatic rings. The molecule has 4 heterocycles. The monoisotopic (exact) mass is 518 g/mol. The second kappa shape index (κ2) is 8.17. The van der Waals surface area contributed by atoms with Crippen molar-refractivity contribution in [1.82, 2.24) is 14.9 Å². The molecule has 0 spiro atoms. The number of hydrogen-bond donors (Lipinski definition) is 1. The lowest BCUT2D eigenvalue weighted by Gasteiger charge is -2.23. The van der Waals surface area contributed by atoms with Crippen LogP contribution < -0.4 is 9.62 Å². The molecule has 0 saturated carbocycles. The number of sulfonamides is 1. The normalized spacial score (nSPS) is 13.0. The lowest BCUT2D eigenvalue weighted by molar-refractivity contribution is 0.0964. The van der Waals surface area contributed by atoms with Gasteiger partial charge in [0.15, 0.2) is 0 Å². The fourth-order valence-electron chi connectivity index (χ4n) is 5.00. The molecule has 3 aromatic heterocycles. The van der Waals surface area contributed by atoms with Crippen LogP contribution in [0, 0.1) is 5.82 Å². The molecular formula is C27H23FN4O4S. The molecule has 188 valence electrons. The number of rotatable bonds is 4. The lowest BCUT2D eigenvalue weighted by Crippen LogP contribution is -2.25. The minimum atomic E-state index is -3.62. The molecule has 0 unspecified atom stereocenters. The van der Waals surface area contributed by atoms with Gasteiger partial charge in [-0.3, -0.25) is 9.10 Å². The number of benzene rings is 2. The van der Waals surface area contributed by atoms with Gasteiger partial charge in [0.25, 0.3) is 5.91 Å². The fraction of sp³-hybridized carbons (Fsp3) is 0.185. The predicted molar refractivity (Wildman–Crippen MR) is 141 cm³/mol. The van der Waals surface area contributed by atoms with E-state index in [-0.39, 0.29) is 11.7 Å². The van der Waals surface area contributed by atoms with E-state index in [0.29, 0.717) is 51.1 Å². The maximum atomic E-state index is 14.6. The van der Waals surface area contributed by atoms with E-state index >= 15 is 0 Å². The zero-order valence-corrected chi connectivity index (χ0v) is 21.2. The summed E-state index contributed by atoms with van der Waals surface area (Å²) in [4.78, 5) is 17.4. The molecule has 0 bridgehead atoms. The first-order chi connectivity index (χ1) is 17.7. The molecule has 0 fully saturated rings. The number of hydrogen-bond acceptors (Lipinski definition) is 5. The number of nitrogens with zero attached hydrogens (tertiary/aromatic N) is 3. The zero-order chi connectivity index (χ0) is 26.1. The molecule has 0 radical (unpaired) electrons. The molecule has 37 heavy (non-hydrogen) atoms. The SMILES string of the molecule is CNC(=O)c1coc2cc(N(C)S(C)(=O)=O)c(-c3ccc4c(n3)-c3cc5c(F)cccc5n3CC4)cc12. The number of pyridine rings is 1. The Morgan fingerprint density at radius 3 is 2.73 bits per heavy atom. The third kappa shape index (κ3) is 3.59. The average molecular weight is 519 g/mol. The van der Waals surface area contributed by atoms with Crippen molar-refractivity contribution in [2.45, 2.75) is 13.0 Å². The largest absolute Gasteiger partial charge is 0.463 e. The number of amides is 1. The molecule has 10 heteroatoms. The third-order valence-electron chi connectivity index (χ3n) is 6.99. The number of nitrogens with one attached hydrogen (secondary N) is 1. The predicted octanol–water partition coefficient (Wildman–Crippen LogP) is 4.57. The number of furan rings is 1. The van der Waals surface area contributed by atoms with E-state index in [1.807, 2.05) is 24.3 Å². The molecule has 1 aliphatic rings. The smallest absolute Gasteiger partial charge is 0.254 e. The molecule has 2 aromatic carbocycles. The van der Waals surface area contributed by atoms with Crippen molar-refractivity contribution in [2.75, 3.05) is 24.7 Å². The molecule has 1 aliphatic heterocycles. The number of anilines is 1. The van der Waals surface area contributed by atoms with Gasteiger partial charge in [-0.1, -0.05) is 12.1 Å². The first-order valence-electron chi connectivity index (χ1n) is 11.7. The Bertz CT molecular complexity index is 1860. The Morgan fingerprint density at radius 1 is 1.16 bits per heavy atom. The van der Waals surface area contributed by atoms with Crippen LogP contribution in [-0.4, -0.2) is 44.2 Å². The van der Waals surface area contributed by atoms with E-state index < -0.39 is 10.0 Å². The van der Waals surface area contributed by atoms with E-state index in [2.05, 4.69) is 9.88 Å². The highest BCUT2D eigenvalue weighted by atomic mass is 32.2. The minimum absolute atomic E-state index is 0.290. The van der Waals surface area contributed by atoms with Crippen LogP contribution in [-0.2, 0) is 23.0 Å². The van der Waals surface area contributed by atoms with Gasteiger partial charge in [0, 0.05) is 43.0 Å². The summed E-state index contributed by atoms with van der Waals surface area (Å²) in [5.41, 5.74) is 5.46. The van der Waals surface area contributed by atoms with Gasteiger partial charge < -0.3 is 14.3 Å². The first kappa shape index (κ1) is 23.2. The summed E-state index contributed by atoms with van der Waals surface area (Å²) in [6.07, 6.45) is 3.20. The number of aromatic nitrogens is 2. The molecule has 1 amide bonds. The van der Waals surface area contributed by atoms with Gasteiger partial charge >= 0.3 is 0 Å². The quantitative estimate of drug-likeness (QED) is 0.376. The molecule has 0 aliphatic carbocycles. The minimum Gasteiger partial charge on any atom is -0.463 e. The molecule has 0 atom stereocenters. The summed E-state index contributed by atoms with van der Waals surface area (Å²) in [5, 5.41) is 3.67. The highest BCUT2D eigenvalue weighted by Gasteiger charge is 2.25. The maximum Gasteiger partial charge on any atom is 0.254 e. The summed E-state index contributed by atoms with van der Waals surface area (Å²) >= 11 is 0. The van der Waals surface area contributed by atoms with Gasteiger partial charge in [0.2, 0.25) is 10.0 Å². The standard InChI is InChI=1S/C27H23FN4O4S/c1-29-27(33)19-14-36-25-13-23(31(2)37(3,34)35)18(11-16(19)25)21-8-7-15-9-10-32-22-6-4-5-20(28)17(22)12-24(32)26(15)30-21/h4-8,11-14H,9-10H2,1-3H3,(H,29,33). The Labute approximate surface area is 212 Å². The second-order valence-electron chi connectivity index (χ2n) is 9.13. The Morgan fingerprint density at radius 2 is 1.97 bits per heavy atom. The molecule has 8 nitrogen and oxygen atoms in total. The van der Waals surface area contributed by atoms with Gasteiger partial charge in [0.1, 0.15) is 17.7 Å². The zero-order valence-electron chi connectivity index (χ0n) is 20.4. The van der Waals surface area contributed by atoms with Crippen molar-refractivity contribution in [3.8, 4) is 22.6 Å². The number of carbonyl (C=O) groups is 1. The van der Waals surface area contributed by atoms with Crippen LogP contribution in [0.4, 0.5) is 10.1 Å². The fourth-order valence-corrected chi connectivity index (χ4v) is 5.51. The van der Waals surface area contributed by atoms with Gasteiger partial charge in [0.05, 0.1) is 40.1 Å². The first-order valence-corrected chi connectivity index (χ1v) is 13.5. The van der Waals surface area contributed by atoms with Crippen LogP contribution in [0.25, 0.3) is 44.5 Å². The van der Waals surface area contributed by atoms with Crippen LogP contribution in [0.5, 0.6) is 0 Å². The van der Waals surface area contributed by atoms with E-state index in [1.165, 1.54) is 26.4 Å². The summed E-state index contributed by atoms with van der Waals surface area (Å²) in [5.74, 6) is -0.611. The van der Waals surface area contributed by atoms with Gasteiger partial charge in [-0.2, -0.15) is 0 Å². The van der Waals surface area contributed by atoms with Gasteiger partial charge in [-0.05, 0) is 42.3 Å². The third-order valence-corrected chi connectivity index (χ3v) is 8.19. The maximum absolute atomic E-state index is 14.6. The van der Waals surface area contributed by atoms with Gasteiger partial charge in [-0.15, -0.1) is 0 Å². The summed E-state index contributed by atoms with van der Waals surface area (Å²) in [6.45, 7) is 0.703. The van der Waals surface area contributed by atoms with Gasteiger partial charge in [-0.25, -0.2) is 17.8 Å². The Hall–Kier alpha value is -4.18. The van der Waals surface area contributed by atoms with E-state index in [9.17, 15) is 17.6 Å². The highest BCUT2D eigenvalue weighted by Crippen LogP contribution is 2.40. The van der Waals surface area contributed by atoms with Crippen LogP contribution in [0.1, 0.15) is 15.9 Å². The average Bonchev–Trinajstić information content (AvgIpc) is 3.48. The van der Waals surface area contributed by atoms with Crippen molar-refractivity contribution in [2.24, 2.45) is 0 Å². The lowest BCUT2D eigenvalue weighted by atomic mass is 9.99. The number of halogens is 1. The summed E-state index contributed by atoms with van der Waals surface area (Å²) < 4.78 is 48.4.